The highest BCUT2D eigenvalue weighted by Gasteiger charge is 2.21. The number of furan rings is 1. The number of carbonyl (C=O) groups is 2. The summed E-state index contributed by atoms with van der Waals surface area (Å²) < 4.78 is 4.90. The van der Waals surface area contributed by atoms with E-state index in [1.165, 1.54) is 12.5 Å². The molecule has 2 aromatic rings. The summed E-state index contributed by atoms with van der Waals surface area (Å²) in [5.74, 6) is 0.0713. The molecule has 1 fully saturated rings. The number of ketones is 1. The van der Waals surface area contributed by atoms with Crippen molar-refractivity contribution in [2.45, 2.75) is 12.8 Å². The van der Waals surface area contributed by atoms with Crippen molar-refractivity contribution in [2.24, 2.45) is 0 Å². The smallest absolute Gasteiger partial charge is 0.227 e. The average Bonchev–Trinajstić information content (AvgIpc) is 3.09. The average molecular weight is 255 g/mol. The molecule has 0 radical (unpaired) electrons. The SMILES string of the molecule is O=C(c1ccc(N2CCCC2=O)cc1)c1ccoc1. The van der Waals surface area contributed by atoms with Gasteiger partial charge in [0.1, 0.15) is 6.26 Å². The van der Waals surface area contributed by atoms with Crippen LogP contribution in [0.25, 0.3) is 0 Å². The minimum atomic E-state index is -0.0759. The summed E-state index contributed by atoms with van der Waals surface area (Å²) in [6.45, 7) is 0.758. The van der Waals surface area contributed by atoms with Gasteiger partial charge in [-0.1, -0.05) is 0 Å². The number of hydrogen-bond acceptors (Lipinski definition) is 3. The van der Waals surface area contributed by atoms with E-state index in [9.17, 15) is 9.59 Å². The molecule has 4 nitrogen and oxygen atoms in total. The maximum absolute atomic E-state index is 12.1. The van der Waals surface area contributed by atoms with Crippen LogP contribution in [-0.2, 0) is 4.79 Å². The maximum Gasteiger partial charge on any atom is 0.227 e. The zero-order valence-corrected chi connectivity index (χ0v) is 10.3. The summed E-state index contributed by atoms with van der Waals surface area (Å²) >= 11 is 0. The molecule has 3 rings (SSSR count). The minimum Gasteiger partial charge on any atom is -0.472 e. The van der Waals surface area contributed by atoms with Crippen molar-refractivity contribution in [3.05, 3.63) is 54.0 Å². The van der Waals surface area contributed by atoms with Gasteiger partial charge in [-0.15, -0.1) is 0 Å². The highest BCUT2D eigenvalue weighted by atomic mass is 16.3. The highest BCUT2D eigenvalue weighted by Crippen LogP contribution is 2.22. The Labute approximate surface area is 110 Å². The second kappa shape index (κ2) is 4.72. The molecule has 0 bridgehead atoms. The molecule has 1 aliphatic rings. The van der Waals surface area contributed by atoms with Crippen LogP contribution in [-0.4, -0.2) is 18.2 Å². The molecule has 0 unspecified atom stereocenters. The van der Waals surface area contributed by atoms with Crippen molar-refractivity contribution >= 4 is 17.4 Å². The Morgan fingerprint density at radius 3 is 2.47 bits per heavy atom. The van der Waals surface area contributed by atoms with Gasteiger partial charge in [-0.3, -0.25) is 9.59 Å². The number of hydrogen-bond donors (Lipinski definition) is 0. The van der Waals surface area contributed by atoms with Crippen LogP contribution in [0.2, 0.25) is 0 Å². The van der Waals surface area contributed by atoms with Crippen LogP contribution >= 0.6 is 0 Å². The standard InChI is InChI=1S/C15H13NO3/c17-14-2-1-8-16(14)13-5-3-11(4-6-13)15(18)12-7-9-19-10-12/h3-7,9-10H,1-2,8H2. The summed E-state index contributed by atoms with van der Waals surface area (Å²) in [6, 6.07) is 8.76. The van der Waals surface area contributed by atoms with Crippen LogP contribution in [0, 0.1) is 0 Å². The van der Waals surface area contributed by atoms with Crippen molar-refractivity contribution in [2.75, 3.05) is 11.4 Å². The Kier molecular flexibility index (Phi) is 2.91. The molecule has 1 amide bonds. The lowest BCUT2D eigenvalue weighted by Crippen LogP contribution is -2.23. The molecular weight excluding hydrogens is 242 g/mol. The van der Waals surface area contributed by atoms with Crippen molar-refractivity contribution < 1.29 is 14.0 Å². The number of amides is 1. The zero-order valence-electron chi connectivity index (χ0n) is 10.3. The number of anilines is 1. The van der Waals surface area contributed by atoms with Crippen molar-refractivity contribution in [3.63, 3.8) is 0 Å². The summed E-state index contributed by atoms with van der Waals surface area (Å²) in [6.07, 6.45) is 4.41. The van der Waals surface area contributed by atoms with Crippen molar-refractivity contribution in [1.82, 2.24) is 0 Å². The van der Waals surface area contributed by atoms with E-state index in [1.54, 1.807) is 23.1 Å². The Bertz CT molecular complexity index is 599. The molecule has 0 aliphatic carbocycles. The first-order valence-electron chi connectivity index (χ1n) is 6.23. The van der Waals surface area contributed by atoms with Gasteiger partial charge < -0.3 is 9.32 Å². The molecule has 96 valence electrons. The fraction of sp³-hybridized carbons (Fsp3) is 0.200. The third-order valence-corrected chi connectivity index (χ3v) is 3.30. The Morgan fingerprint density at radius 2 is 1.89 bits per heavy atom. The normalized spacial score (nSPS) is 14.9. The van der Waals surface area contributed by atoms with Gasteiger partial charge in [0.05, 0.1) is 11.8 Å². The van der Waals surface area contributed by atoms with Gasteiger partial charge in [-0.05, 0) is 36.8 Å². The topological polar surface area (TPSA) is 50.5 Å². The molecule has 2 heterocycles. The van der Waals surface area contributed by atoms with E-state index in [1.807, 2.05) is 12.1 Å². The van der Waals surface area contributed by atoms with E-state index in [0.717, 1.165) is 18.7 Å². The minimum absolute atomic E-state index is 0.0759. The third-order valence-electron chi connectivity index (χ3n) is 3.30. The number of rotatable bonds is 3. The van der Waals surface area contributed by atoms with Gasteiger partial charge in [0, 0.05) is 24.2 Å². The molecule has 1 aromatic carbocycles. The van der Waals surface area contributed by atoms with E-state index in [-0.39, 0.29) is 11.7 Å². The molecule has 0 atom stereocenters. The van der Waals surface area contributed by atoms with Crippen LogP contribution in [0.1, 0.15) is 28.8 Å². The van der Waals surface area contributed by atoms with Gasteiger partial charge in [0.15, 0.2) is 5.78 Å². The Hall–Kier alpha value is -2.36. The lowest BCUT2D eigenvalue weighted by atomic mass is 10.1. The number of nitrogens with zero attached hydrogens (tertiary/aromatic N) is 1. The predicted octanol–water partition coefficient (Wildman–Crippen LogP) is 2.64. The summed E-state index contributed by atoms with van der Waals surface area (Å²) in [4.78, 5) is 25.4. The molecule has 0 N–H and O–H groups in total. The lowest BCUT2D eigenvalue weighted by molar-refractivity contribution is -0.117. The molecular formula is C15H13NO3. The van der Waals surface area contributed by atoms with Crippen LogP contribution in [0.5, 0.6) is 0 Å². The second-order valence-corrected chi connectivity index (χ2v) is 4.54. The van der Waals surface area contributed by atoms with Gasteiger partial charge >= 0.3 is 0 Å². The number of benzene rings is 1. The maximum atomic E-state index is 12.1. The Balaban J connectivity index is 1.83. The Morgan fingerprint density at radius 1 is 1.11 bits per heavy atom. The van der Waals surface area contributed by atoms with Gasteiger partial charge in [-0.2, -0.15) is 0 Å². The van der Waals surface area contributed by atoms with E-state index in [4.69, 9.17) is 4.42 Å². The molecule has 0 spiro atoms. The molecule has 1 saturated heterocycles. The lowest BCUT2D eigenvalue weighted by Gasteiger charge is -2.15. The van der Waals surface area contributed by atoms with Crippen molar-refractivity contribution in [3.8, 4) is 0 Å². The summed E-state index contributed by atoms with van der Waals surface area (Å²) in [7, 11) is 0. The van der Waals surface area contributed by atoms with Crippen LogP contribution in [0.15, 0.2) is 47.3 Å². The second-order valence-electron chi connectivity index (χ2n) is 4.54. The van der Waals surface area contributed by atoms with Gasteiger partial charge in [0.2, 0.25) is 5.91 Å². The van der Waals surface area contributed by atoms with Crippen molar-refractivity contribution in [1.29, 1.82) is 0 Å². The predicted molar refractivity (Wildman–Crippen MR) is 70.2 cm³/mol. The monoisotopic (exact) mass is 255 g/mol. The third kappa shape index (κ3) is 2.17. The van der Waals surface area contributed by atoms with Gasteiger partial charge in [0.25, 0.3) is 0 Å². The molecule has 4 heteroatoms. The summed E-state index contributed by atoms with van der Waals surface area (Å²) in [5, 5.41) is 0. The first-order valence-corrected chi connectivity index (χ1v) is 6.23. The van der Waals surface area contributed by atoms with Crippen LogP contribution in [0.4, 0.5) is 5.69 Å². The highest BCUT2D eigenvalue weighted by molar-refractivity contribution is 6.09. The van der Waals surface area contributed by atoms with E-state index < -0.39 is 0 Å². The van der Waals surface area contributed by atoms with Crippen LogP contribution in [0.3, 0.4) is 0 Å². The van der Waals surface area contributed by atoms with Gasteiger partial charge in [-0.25, -0.2) is 0 Å². The first-order chi connectivity index (χ1) is 9.25. The fourth-order valence-electron chi connectivity index (χ4n) is 2.27. The van der Waals surface area contributed by atoms with E-state index >= 15 is 0 Å². The largest absolute Gasteiger partial charge is 0.472 e. The molecule has 1 aromatic heterocycles. The van der Waals surface area contributed by atoms with E-state index in [0.29, 0.717) is 17.5 Å². The molecule has 1 aliphatic heterocycles. The zero-order chi connectivity index (χ0) is 13.2. The fourth-order valence-corrected chi connectivity index (χ4v) is 2.27. The quantitative estimate of drug-likeness (QED) is 0.792. The first kappa shape index (κ1) is 11.7. The molecule has 19 heavy (non-hydrogen) atoms. The van der Waals surface area contributed by atoms with E-state index in [2.05, 4.69) is 0 Å². The summed E-state index contributed by atoms with van der Waals surface area (Å²) in [5.41, 5.74) is 1.98. The molecule has 0 saturated carbocycles. The number of carbonyl (C=O) groups excluding carboxylic acids is 2. The van der Waals surface area contributed by atoms with Crippen LogP contribution < -0.4 is 4.90 Å².